The highest BCUT2D eigenvalue weighted by Gasteiger charge is 2.08. The number of primary amides is 1. The Bertz CT molecular complexity index is 799. The molecule has 0 saturated heterocycles. The molecule has 0 spiro atoms. The van der Waals surface area contributed by atoms with Gasteiger partial charge in [0.15, 0.2) is 5.96 Å². The topological polar surface area (TPSA) is 79.9 Å². The molecule has 0 unspecified atom stereocenters. The Balaban J connectivity index is 0.00000420. The van der Waals surface area contributed by atoms with Gasteiger partial charge in [0.25, 0.3) is 0 Å². The number of aliphatic imine (C=N–C) groups is 1. The number of alkyl halides is 2. The summed E-state index contributed by atoms with van der Waals surface area (Å²) < 4.78 is 28.8. The van der Waals surface area contributed by atoms with E-state index in [-0.39, 0.29) is 29.7 Å². The van der Waals surface area contributed by atoms with Crippen LogP contribution in [0.15, 0.2) is 53.5 Å². The molecular formula is C20H25F2IN4O2. The third-order valence-electron chi connectivity index (χ3n) is 3.91. The van der Waals surface area contributed by atoms with Crippen LogP contribution >= 0.6 is 24.0 Å². The van der Waals surface area contributed by atoms with E-state index in [9.17, 15) is 13.6 Å². The fourth-order valence-electron chi connectivity index (χ4n) is 2.54. The van der Waals surface area contributed by atoms with Gasteiger partial charge < -0.3 is 20.7 Å². The van der Waals surface area contributed by atoms with Gasteiger partial charge in [-0.25, -0.2) is 4.99 Å². The van der Waals surface area contributed by atoms with Gasteiger partial charge in [-0.1, -0.05) is 24.3 Å². The number of carbonyl (C=O) groups excluding carboxylic acids is 1. The molecule has 0 bridgehead atoms. The largest absolute Gasteiger partial charge is 0.435 e. The third kappa shape index (κ3) is 8.22. The number of benzene rings is 2. The van der Waals surface area contributed by atoms with Crippen LogP contribution in [0.5, 0.6) is 5.75 Å². The monoisotopic (exact) mass is 518 g/mol. The summed E-state index contributed by atoms with van der Waals surface area (Å²) in [5, 5.41) is 3.22. The number of rotatable bonds is 8. The van der Waals surface area contributed by atoms with E-state index in [0.717, 1.165) is 11.1 Å². The summed E-state index contributed by atoms with van der Waals surface area (Å²) >= 11 is 0. The number of hydrogen-bond acceptors (Lipinski definition) is 3. The van der Waals surface area contributed by atoms with Crippen molar-refractivity contribution in [2.45, 2.75) is 26.6 Å². The van der Waals surface area contributed by atoms with Gasteiger partial charge in [0, 0.05) is 25.7 Å². The Labute approximate surface area is 186 Å². The molecule has 2 aromatic rings. The summed E-state index contributed by atoms with van der Waals surface area (Å²) in [5.74, 6) is 0.365. The van der Waals surface area contributed by atoms with Crippen molar-refractivity contribution >= 4 is 35.8 Å². The number of nitrogens with two attached hydrogens (primary N) is 1. The van der Waals surface area contributed by atoms with Gasteiger partial charge >= 0.3 is 6.61 Å². The van der Waals surface area contributed by atoms with E-state index >= 15 is 0 Å². The van der Waals surface area contributed by atoms with Crippen molar-refractivity contribution in [1.82, 2.24) is 10.2 Å². The summed E-state index contributed by atoms with van der Waals surface area (Å²) in [5.41, 5.74) is 7.58. The van der Waals surface area contributed by atoms with Crippen LogP contribution in [0, 0.1) is 0 Å². The lowest BCUT2D eigenvalue weighted by molar-refractivity contribution is -0.0498. The van der Waals surface area contributed by atoms with Crippen LogP contribution in [0.4, 0.5) is 8.78 Å². The van der Waals surface area contributed by atoms with Gasteiger partial charge in [0.1, 0.15) is 5.75 Å². The first-order chi connectivity index (χ1) is 13.4. The van der Waals surface area contributed by atoms with E-state index in [2.05, 4.69) is 15.0 Å². The molecule has 0 aliphatic heterocycles. The summed E-state index contributed by atoms with van der Waals surface area (Å²) in [6.45, 7) is 0.818. The van der Waals surface area contributed by atoms with Crippen molar-refractivity contribution < 1.29 is 18.3 Å². The van der Waals surface area contributed by atoms with E-state index in [4.69, 9.17) is 5.73 Å². The van der Waals surface area contributed by atoms with E-state index in [1.165, 1.54) is 12.1 Å². The molecule has 1 amide bonds. The molecule has 2 rings (SSSR count). The van der Waals surface area contributed by atoms with Crippen molar-refractivity contribution in [3.05, 3.63) is 65.2 Å². The van der Waals surface area contributed by atoms with Crippen LogP contribution in [0.1, 0.15) is 28.4 Å². The summed E-state index contributed by atoms with van der Waals surface area (Å²) in [4.78, 5) is 17.7. The van der Waals surface area contributed by atoms with Gasteiger partial charge in [0.05, 0.1) is 6.54 Å². The number of nitrogens with one attached hydrogen (secondary N) is 1. The maximum Gasteiger partial charge on any atom is 0.387 e. The Morgan fingerprint density at radius 1 is 1.14 bits per heavy atom. The molecule has 0 saturated carbocycles. The lowest BCUT2D eigenvalue weighted by Crippen LogP contribution is -2.38. The molecule has 0 heterocycles. The predicted octanol–water partition coefficient (Wildman–Crippen LogP) is 3.60. The molecule has 0 aliphatic carbocycles. The normalized spacial score (nSPS) is 11.0. The van der Waals surface area contributed by atoms with Crippen molar-refractivity contribution in [3.8, 4) is 5.75 Å². The molecular weight excluding hydrogens is 493 g/mol. The molecule has 6 nitrogen and oxygen atoms in total. The molecule has 158 valence electrons. The highest BCUT2D eigenvalue weighted by Crippen LogP contribution is 2.16. The molecule has 0 aliphatic rings. The van der Waals surface area contributed by atoms with Crippen LogP contribution in [0.25, 0.3) is 0 Å². The molecule has 2 aromatic carbocycles. The maximum atomic E-state index is 12.2. The first-order valence-corrected chi connectivity index (χ1v) is 8.81. The van der Waals surface area contributed by atoms with Gasteiger partial charge in [-0.3, -0.25) is 4.79 Å². The average Bonchev–Trinajstić information content (AvgIpc) is 2.66. The van der Waals surface area contributed by atoms with E-state index in [1.54, 1.807) is 24.3 Å². The number of nitrogens with zero attached hydrogens (tertiary/aromatic N) is 2. The molecule has 0 atom stereocenters. The van der Waals surface area contributed by atoms with E-state index in [0.29, 0.717) is 31.2 Å². The zero-order chi connectivity index (χ0) is 20.5. The molecule has 9 heteroatoms. The van der Waals surface area contributed by atoms with Crippen LogP contribution in [-0.4, -0.2) is 37.0 Å². The smallest absolute Gasteiger partial charge is 0.387 e. The van der Waals surface area contributed by atoms with Crippen LogP contribution < -0.4 is 15.8 Å². The van der Waals surface area contributed by atoms with Gasteiger partial charge in [-0.2, -0.15) is 8.78 Å². The zero-order valence-corrected chi connectivity index (χ0v) is 18.6. The number of halogens is 3. The Kier molecular flexibility index (Phi) is 10.4. The zero-order valence-electron chi connectivity index (χ0n) is 16.3. The molecule has 0 aromatic heterocycles. The summed E-state index contributed by atoms with van der Waals surface area (Å²) in [6, 6.07) is 13.5. The minimum atomic E-state index is -2.84. The fraction of sp³-hybridized carbons (Fsp3) is 0.300. The lowest BCUT2D eigenvalue weighted by Gasteiger charge is -2.22. The number of carbonyl (C=O) groups is 1. The quantitative estimate of drug-likeness (QED) is 0.318. The fourth-order valence-corrected chi connectivity index (χ4v) is 2.54. The van der Waals surface area contributed by atoms with Crippen LogP contribution in [-0.2, 0) is 13.1 Å². The minimum Gasteiger partial charge on any atom is -0.435 e. The van der Waals surface area contributed by atoms with E-state index in [1.807, 2.05) is 31.0 Å². The Morgan fingerprint density at radius 2 is 1.72 bits per heavy atom. The summed E-state index contributed by atoms with van der Waals surface area (Å²) in [7, 11) is 1.89. The van der Waals surface area contributed by atoms with Crippen LogP contribution in [0.2, 0.25) is 0 Å². The first kappa shape index (κ1) is 24.6. The van der Waals surface area contributed by atoms with Gasteiger partial charge in [-0.05, 0) is 42.3 Å². The molecule has 29 heavy (non-hydrogen) atoms. The number of guanidine groups is 1. The number of amides is 1. The van der Waals surface area contributed by atoms with Gasteiger partial charge in [0.2, 0.25) is 5.91 Å². The second-order valence-corrected chi connectivity index (χ2v) is 6.11. The SMILES string of the molecule is CCNC(=NCc1ccc(C(N)=O)cc1)N(C)Cc1ccc(OC(F)F)cc1.I. The first-order valence-electron chi connectivity index (χ1n) is 8.81. The third-order valence-corrected chi connectivity index (χ3v) is 3.91. The highest BCUT2D eigenvalue weighted by atomic mass is 127. The van der Waals surface area contributed by atoms with Gasteiger partial charge in [-0.15, -0.1) is 24.0 Å². The summed E-state index contributed by atoms with van der Waals surface area (Å²) in [6.07, 6.45) is 0. The maximum absolute atomic E-state index is 12.2. The Morgan fingerprint density at radius 3 is 2.24 bits per heavy atom. The van der Waals surface area contributed by atoms with Crippen LogP contribution in [0.3, 0.4) is 0 Å². The second kappa shape index (κ2) is 12.2. The van der Waals surface area contributed by atoms with Crippen molar-refractivity contribution in [3.63, 3.8) is 0 Å². The standard InChI is InChI=1S/C20H24F2N4O2.HI/c1-3-24-20(25-12-14-4-8-16(9-5-14)18(23)27)26(2)13-15-6-10-17(11-7-15)28-19(21)22;/h4-11,19H,3,12-13H2,1-2H3,(H2,23,27)(H,24,25);1H. The molecule has 3 N–H and O–H groups in total. The number of hydrogen-bond donors (Lipinski definition) is 2. The van der Waals surface area contributed by atoms with Crippen molar-refractivity contribution in [2.75, 3.05) is 13.6 Å². The number of ether oxygens (including phenoxy) is 1. The second-order valence-electron chi connectivity index (χ2n) is 6.11. The van der Waals surface area contributed by atoms with Crippen molar-refractivity contribution in [1.29, 1.82) is 0 Å². The Hall–Kier alpha value is -2.43. The molecule has 0 radical (unpaired) electrons. The lowest BCUT2D eigenvalue weighted by atomic mass is 10.1. The molecule has 0 fully saturated rings. The average molecular weight is 518 g/mol. The van der Waals surface area contributed by atoms with E-state index < -0.39 is 12.5 Å². The van der Waals surface area contributed by atoms with Crippen molar-refractivity contribution in [2.24, 2.45) is 10.7 Å². The predicted molar refractivity (Wildman–Crippen MR) is 120 cm³/mol. The highest BCUT2D eigenvalue weighted by molar-refractivity contribution is 14.0. The minimum absolute atomic E-state index is 0.